The van der Waals surface area contributed by atoms with Crippen LogP contribution < -0.4 is 5.32 Å². The maximum absolute atomic E-state index is 12.8. The van der Waals surface area contributed by atoms with E-state index in [1.807, 2.05) is 7.05 Å². The normalized spacial score (nSPS) is 27.2. The first-order chi connectivity index (χ1) is 9.41. The molecule has 3 atom stereocenters. The van der Waals surface area contributed by atoms with Crippen LogP contribution in [0.2, 0.25) is 0 Å². The van der Waals surface area contributed by atoms with E-state index in [-0.39, 0.29) is 5.25 Å². The molecule has 1 aliphatic rings. The van der Waals surface area contributed by atoms with Crippen LogP contribution in [0.1, 0.15) is 44.2 Å². The standard InChI is InChI=1S/C17H27NOS/c1-13-6-5-7-14(10-13)12-20(19)16-11-17(2,3)9-8-15(16)18-4/h5-7,10,15-16,18H,8-9,11-12H2,1-4H3. The molecule has 0 aliphatic heterocycles. The van der Waals surface area contributed by atoms with Crippen LogP contribution in [0.15, 0.2) is 24.3 Å². The average Bonchev–Trinajstić information content (AvgIpc) is 2.37. The van der Waals surface area contributed by atoms with Crippen LogP contribution in [0, 0.1) is 12.3 Å². The Morgan fingerprint density at radius 1 is 1.40 bits per heavy atom. The molecular formula is C17H27NOS. The van der Waals surface area contributed by atoms with E-state index in [1.54, 1.807) is 0 Å². The molecule has 0 heterocycles. The van der Waals surface area contributed by atoms with Crippen molar-refractivity contribution in [3.63, 3.8) is 0 Å². The van der Waals surface area contributed by atoms with Gasteiger partial charge in [-0.05, 0) is 44.2 Å². The van der Waals surface area contributed by atoms with Crippen molar-refractivity contribution in [3.8, 4) is 0 Å². The van der Waals surface area contributed by atoms with E-state index in [4.69, 9.17) is 0 Å². The first-order valence-corrected chi connectivity index (χ1v) is 8.89. The number of rotatable bonds is 4. The number of nitrogens with one attached hydrogen (secondary N) is 1. The lowest BCUT2D eigenvalue weighted by Gasteiger charge is -2.40. The minimum atomic E-state index is -0.805. The Balaban J connectivity index is 2.09. The lowest BCUT2D eigenvalue weighted by Crippen LogP contribution is -2.47. The largest absolute Gasteiger partial charge is 0.316 e. The third kappa shape index (κ3) is 3.92. The molecule has 0 saturated heterocycles. The molecule has 0 spiro atoms. The van der Waals surface area contributed by atoms with Crippen molar-refractivity contribution >= 4 is 10.8 Å². The quantitative estimate of drug-likeness (QED) is 0.921. The molecule has 1 N–H and O–H groups in total. The molecule has 0 amide bonds. The average molecular weight is 293 g/mol. The highest BCUT2D eigenvalue weighted by molar-refractivity contribution is 7.84. The van der Waals surface area contributed by atoms with Gasteiger partial charge in [0.1, 0.15) is 0 Å². The van der Waals surface area contributed by atoms with Crippen molar-refractivity contribution in [3.05, 3.63) is 35.4 Å². The lowest BCUT2D eigenvalue weighted by atomic mass is 9.75. The summed E-state index contributed by atoms with van der Waals surface area (Å²) in [6, 6.07) is 8.79. The van der Waals surface area contributed by atoms with Crippen LogP contribution in [0.4, 0.5) is 0 Å². The molecular weight excluding hydrogens is 266 g/mol. The van der Waals surface area contributed by atoms with Gasteiger partial charge in [-0.3, -0.25) is 4.21 Å². The summed E-state index contributed by atoms with van der Waals surface area (Å²) in [4.78, 5) is 0. The zero-order valence-corrected chi connectivity index (χ0v) is 13.9. The summed E-state index contributed by atoms with van der Waals surface area (Å²) < 4.78 is 12.8. The summed E-state index contributed by atoms with van der Waals surface area (Å²) >= 11 is 0. The maximum atomic E-state index is 12.8. The Morgan fingerprint density at radius 3 is 2.80 bits per heavy atom. The molecule has 1 aromatic rings. The van der Waals surface area contributed by atoms with Gasteiger partial charge in [0.25, 0.3) is 0 Å². The van der Waals surface area contributed by atoms with Crippen molar-refractivity contribution in [2.45, 2.75) is 57.1 Å². The van der Waals surface area contributed by atoms with E-state index in [0.717, 1.165) is 12.8 Å². The molecule has 0 bridgehead atoms. The van der Waals surface area contributed by atoms with Gasteiger partial charge in [0.05, 0.1) is 5.25 Å². The fourth-order valence-electron chi connectivity index (χ4n) is 3.20. The van der Waals surface area contributed by atoms with Crippen LogP contribution in [-0.2, 0) is 16.6 Å². The van der Waals surface area contributed by atoms with Gasteiger partial charge in [0.15, 0.2) is 0 Å². The number of benzene rings is 1. The van der Waals surface area contributed by atoms with Gasteiger partial charge >= 0.3 is 0 Å². The maximum Gasteiger partial charge on any atom is 0.0509 e. The van der Waals surface area contributed by atoms with Crippen LogP contribution in [-0.4, -0.2) is 22.5 Å². The summed E-state index contributed by atoms with van der Waals surface area (Å²) in [7, 11) is 1.20. The Morgan fingerprint density at radius 2 is 2.15 bits per heavy atom. The first-order valence-electron chi connectivity index (χ1n) is 7.51. The summed E-state index contributed by atoms with van der Waals surface area (Å²) in [5.74, 6) is 0.681. The molecule has 0 radical (unpaired) electrons. The van der Waals surface area contributed by atoms with Crippen LogP contribution >= 0.6 is 0 Å². The smallest absolute Gasteiger partial charge is 0.0509 e. The van der Waals surface area contributed by atoms with E-state index < -0.39 is 10.8 Å². The van der Waals surface area contributed by atoms with Crippen LogP contribution in [0.5, 0.6) is 0 Å². The van der Waals surface area contributed by atoms with E-state index in [1.165, 1.54) is 17.5 Å². The third-order valence-corrected chi connectivity index (χ3v) is 6.22. The SMILES string of the molecule is CNC1CCC(C)(C)CC1S(=O)Cc1cccc(C)c1. The van der Waals surface area contributed by atoms with Gasteiger partial charge in [-0.25, -0.2) is 0 Å². The van der Waals surface area contributed by atoms with Crippen molar-refractivity contribution in [2.75, 3.05) is 7.05 Å². The lowest BCUT2D eigenvalue weighted by molar-refractivity contribution is 0.216. The Labute approximate surface area is 125 Å². The highest BCUT2D eigenvalue weighted by Gasteiger charge is 2.37. The fourth-order valence-corrected chi connectivity index (χ4v) is 5.20. The van der Waals surface area contributed by atoms with Gasteiger partial charge < -0.3 is 5.32 Å². The predicted molar refractivity (Wildman–Crippen MR) is 87.3 cm³/mol. The summed E-state index contributed by atoms with van der Waals surface area (Å²) in [5, 5.41) is 3.64. The van der Waals surface area contributed by atoms with Crippen molar-refractivity contribution in [2.24, 2.45) is 5.41 Å². The zero-order valence-electron chi connectivity index (χ0n) is 13.1. The van der Waals surface area contributed by atoms with Crippen molar-refractivity contribution in [1.82, 2.24) is 5.32 Å². The Bertz CT molecular complexity index is 484. The molecule has 1 aliphatic carbocycles. The second-order valence-corrected chi connectivity index (χ2v) is 8.51. The summed E-state index contributed by atoms with van der Waals surface area (Å²) in [6.07, 6.45) is 3.40. The first kappa shape index (κ1) is 15.7. The minimum absolute atomic E-state index is 0.268. The molecule has 3 heteroatoms. The van der Waals surface area contributed by atoms with E-state index in [0.29, 0.717) is 17.2 Å². The molecule has 3 unspecified atom stereocenters. The predicted octanol–water partition coefficient (Wildman–Crippen LogP) is 3.41. The number of aryl methyl sites for hydroxylation is 1. The van der Waals surface area contributed by atoms with Crippen molar-refractivity contribution < 1.29 is 4.21 Å². The molecule has 1 fully saturated rings. The second kappa shape index (κ2) is 6.40. The van der Waals surface area contributed by atoms with E-state index >= 15 is 0 Å². The molecule has 20 heavy (non-hydrogen) atoms. The van der Waals surface area contributed by atoms with Gasteiger partial charge in [-0.1, -0.05) is 43.7 Å². The second-order valence-electron chi connectivity index (χ2n) is 6.85. The number of hydrogen-bond donors (Lipinski definition) is 1. The molecule has 1 saturated carbocycles. The molecule has 0 aromatic heterocycles. The highest BCUT2D eigenvalue weighted by Crippen LogP contribution is 2.37. The monoisotopic (exact) mass is 293 g/mol. The molecule has 2 nitrogen and oxygen atoms in total. The van der Waals surface area contributed by atoms with Gasteiger partial charge in [-0.2, -0.15) is 0 Å². The Kier molecular flexibility index (Phi) is 5.03. The summed E-state index contributed by atoms with van der Waals surface area (Å²) in [5.41, 5.74) is 2.76. The minimum Gasteiger partial charge on any atom is -0.316 e. The van der Waals surface area contributed by atoms with E-state index in [9.17, 15) is 4.21 Å². The fraction of sp³-hybridized carbons (Fsp3) is 0.647. The topological polar surface area (TPSA) is 29.1 Å². The van der Waals surface area contributed by atoms with Gasteiger partial charge in [0, 0.05) is 22.6 Å². The summed E-state index contributed by atoms with van der Waals surface area (Å²) in [6.45, 7) is 6.69. The van der Waals surface area contributed by atoms with Gasteiger partial charge in [0.2, 0.25) is 0 Å². The molecule has 112 valence electrons. The van der Waals surface area contributed by atoms with Crippen LogP contribution in [0.25, 0.3) is 0 Å². The van der Waals surface area contributed by atoms with Crippen LogP contribution in [0.3, 0.4) is 0 Å². The Hall–Kier alpha value is -0.670. The van der Waals surface area contributed by atoms with Crippen molar-refractivity contribution in [1.29, 1.82) is 0 Å². The van der Waals surface area contributed by atoms with E-state index in [2.05, 4.69) is 50.4 Å². The zero-order chi connectivity index (χ0) is 14.8. The van der Waals surface area contributed by atoms with Gasteiger partial charge in [-0.15, -0.1) is 0 Å². The number of hydrogen-bond acceptors (Lipinski definition) is 2. The molecule has 2 rings (SSSR count). The highest BCUT2D eigenvalue weighted by atomic mass is 32.2. The third-order valence-electron chi connectivity index (χ3n) is 4.43. The molecule has 1 aromatic carbocycles.